The number of Topliss-reactive ketones (excluding diaryl/α,β-unsaturated/α-hetero) is 1. The summed E-state index contributed by atoms with van der Waals surface area (Å²) in [7, 11) is 0. The monoisotopic (exact) mass is 348 g/mol. The molecule has 0 fully saturated rings. The van der Waals surface area contributed by atoms with Crippen LogP contribution in [0, 0.1) is 0 Å². The summed E-state index contributed by atoms with van der Waals surface area (Å²) in [5.41, 5.74) is 1.00. The van der Waals surface area contributed by atoms with Crippen molar-refractivity contribution in [2.24, 2.45) is 0 Å². The minimum atomic E-state index is -0.359. The number of ether oxygens (including phenoxy) is 1. The van der Waals surface area contributed by atoms with Crippen LogP contribution in [0.3, 0.4) is 0 Å². The Hall–Kier alpha value is -1.26. The molecule has 0 aromatic heterocycles. The summed E-state index contributed by atoms with van der Waals surface area (Å²) in [5, 5.41) is 0. The van der Waals surface area contributed by atoms with Gasteiger partial charge in [-0.15, -0.1) is 11.8 Å². The highest BCUT2D eigenvalue weighted by Crippen LogP contribution is 2.35. The van der Waals surface area contributed by atoms with Gasteiger partial charge in [0.1, 0.15) is 5.75 Å². The first-order chi connectivity index (χ1) is 9.74. The van der Waals surface area contributed by atoms with E-state index in [1.165, 1.54) is 0 Å². The Bertz CT molecular complexity index is 642. The highest BCUT2D eigenvalue weighted by atomic mass is 79.9. The number of carbonyl (C=O) groups excluding carboxylic acids is 1. The average Bonchev–Trinajstić information content (AvgIpc) is 2.49. The predicted octanol–water partition coefficient (Wildman–Crippen LogP) is 4.11. The maximum atomic E-state index is 12.4. The van der Waals surface area contributed by atoms with E-state index in [4.69, 9.17) is 4.74 Å². The topological polar surface area (TPSA) is 26.3 Å². The fourth-order valence-electron chi connectivity index (χ4n) is 2.12. The fraction of sp³-hybridized carbons (Fsp3) is 0.188. The molecule has 2 aromatic rings. The van der Waals surface area contributed by atoms with E-state index in [9.17, 15) is 4.79 Å². The van der Waals surface area contributed by atoms with Crippen molar-refractivity contribution in [2.75, 3.05) is 5.75 Å². The standard InChI is InChI=1S/C16H13BrO2S/c17-12-6-2-1-5-11(12)9-13(18)15-10-20-16-8-4-3-7-14(16)19-15/h1-8,15H,9-10H2. The highest BCUT2D eigenvalue weighted by Gasteiger charge is 2.26. The Balaban J connectivity index is 1.72. The van der Waals surface area contributed by atoms with E-state index in [1.807, 2.05) is 48.5 Å². The summed E-state index contributed by atoms with van der Waals surface area (Å²) < 4.78 is 6.79. The predicted molar refractivity (Wildman–Crippen MR) is 84.4 cm³/mol. The molecule has 3 rings (SSSR count). The van der Waals surface area contributed by atoms with Crippen LogP contribution < -0.4 is 4.74 Å². The van der Waals surface area contributed by atoms with Crippen molar-refractivity contribution in [1.82, 2.24) is 0 Å². The van der Waals surface area contributed by atoms with Gasteiger partial charge in [0.15, 0.2) is 11.9 Å². The second-order valence-corrected chi connectivity index (χ2v) is 6.51. The quantitative estimate of drug-likeness (QED) is 0.834. The summed E-state index contributed by atoms with van der Waals surface area (Å²) in [6.45, 7) is 0. The van der Waals surface area contributed by atoms with Crippen LogP contribution in [-0.2, 0) is 11.2 Å². The van der Waals surface area contributed by atoms with Gasteiger partial charge in [-0.25, -0.2) is 0 Å². The highest BCUT2D eigenvalue weighted by molar-refractivity contribution is 9.10. The van der Waals surface area contributed by atoms with Crippen LogP contribution in [0.5, 0.6) is 5.75 Å². The molecule has 2 nitrogen and oxygen atoms in total. The maximum Gasteiger partial charge on any atom is 0.178 e. The van der Waals surface area contributed by atoms with Gasteiger partial charge in [-0.05, 0) is 23.8 Å². The van der Waals surface area contributed by atoms with Gasteiger partial charge in [0.2, 0.25) is 0 Å². The summed E-state index contributed by atoms with van der Waals surface area (Å²) >= 11 is 5.16. The zero-order valence-corrected chi connectivity index (χ0v) is 13.1. The minimum absolute atomic E-state index is 0.124. The van der Waals surface area contributed by atoms with E-state index in [-0.39, 0.29) is 11.9 Å². The number of benzene rings is 2. The van der Waals surface area contributed by atoms with E-state index < -0.39 is 0 Å². The third kappa shape index (κ3) is 2.91. The van der Waals surface area contributed by atoms with Crippen LogP contribution >= 0.6 is 27.7 Å². The number of thioether (sulfide) groups is 1. The van der Waals surface area contributed by atoms with E-state index in [2.05, 4.69) is 15.9 Å². The van der Waals surface area contributed by atoms with Gasteiger partial charge in [-0.3, -0.25) is 4.79 Å². The zero-order chi connectivity index (χ0) is 13.9. The fourth-order valence-corrected chi connectivity index (χ4v) is 3.56. The number of hydrogen-bond acceptors (Lipinski definition) is 3. The first-order valence-corrected chi connectivity index (χ1v) is 8.16. The van der Waals surface area contributed by atoms with Gasteiger partial charge in [-0.1, -0.05) is 46.3 Å². The number of fused-ring (bicyclic) bond motifs is 1. The van der Waals surface area contributed by atoms with E-state index in [0.29, 0.717) is 12.2 Å². The molecule has 0 N–H and O–H groups in total. The van der Waals surface area contributed by atoms with Gasteiger partial charge in [0.05, 0.1) is 0 Å². The van der Waals surface area contributed by atoms with Crippen LogP contribution in [0.15, 0.2) is 57.9 Å². The lowest BCUT2D eigenvalue weighted by Gasteiger charge is -2.24. The summed E-state index contributed by atoms with van der Waals surface area (Å²) in [5.74, 6) is 1.62. The molecule has 20 heavy (non-hydrogen) atoms. The van der Waals surface area contributed by atoms with Crippen molar-refractivity contribution in [2.45, 2.75) is 17.4 Å². The Labute approximate surface area is 130 Å². The molecule has 0 bridgehead atoms. The van der Waals surface area contributed by atoms with E-state index >= 15 is 0 Å². The number of ketones is 1. The van der Waals surface area contributed by atoms with Crippen molar-refractivity contribution in [3.8, 4) is 5.75 Å². The Morgan fingerprint density at radius 3 is 2.80 bits per heavy atom. The van der Waals surface area contributed by atoms with Crippen LogP contribution in [0.1, 0.15) is 5.56 Å². The first-order valence-electron chi connectivity index (χ1n) is 6.38. The first kappa shape index (κ1) is 13.7. The van der Waals surface area contributed by atoms with Crippen LogP contribution in [-0.4, -0.2) is 17.6 Å². The number of para-hydroxylation sites is 1. The number of rotatable bonds is 3. The van der Waals surface area contributed by atoms with Crippen molar-refractivity contribution >= 4 is 33.5 Å². The lowest BCUT2D eigenvalue weighted by Crippen LogP contribution is -2.33. The van der Waals surface area contributed by atoms with Crippen LogP contribution in [0.4, 0.5) is 0 Å². The molecule has 102 valence electrons. The third-order valence-corrected chi connectivity index (χ3v) is 5.08. The van der Waals surface area contributed by atoms with Crippen molar-refractivity contribution in [1.29, 1.82) is 0 Å². The number of carbonyl (C=O) groups is 1. The second-order valence-electron chi connectivity index (χ2n) is 4.60. The molecule has 2 aromatic carbocycles. The zero-order valence-electron chi connectivity index (χ0n) is 10.7. The molecule has 1 atom stereocenters. The summed E-state index contributed by atoms with van der Waals surface area (Å²) in [6, 6.07) is 15.7. The second kappa shape index (κ2) is 6.02. The lowest BCUT2D eigenvalue weighted by atomic mass is 10.1. The van der Waals surface area contributed by atoms with Gasteiger partial charge in [0, 0.05) is 21.5 Å². The molecule has 0 saturated carbocycles. The number of halogens is 1. The smallest absolute Gasteiger partial charge is 0.178 e. The molecule has 0 radical (unpaired) electrons. The van der Waals surface area contributed by atoms with E-state index in [0.717, 1.165) is 20.7 Å². The van der Waals surface area contributed by atoms with Crippen molar-refractivity contribution < 1.29 is 9.53 Å². The third-order valence-electron chi connectivity index (χ3n) is 3.19. The van der Waals surface area contributed by atoms with Gasteiger partial charge in [-0.2, -0.15) is 0 Å². The lowest BCUT2D eigenvalue weighted by molar-refractivity contribution is -0.124. The molecule has 1 aliphatic rings. The van der Waals surface area contributed by atoms with Gasteiger partial charge < -0.3 is 4.74 Å². The SMILES string of the molecule is O=C(Cc1ccccc1Br)C1CSc2ccccc2O1. The molecule has 0 spiro atoms. The van der Waals surface area contributed by atoms with Gasteiger partial charge >= 0.3 is 0 Å². The molecule has 1 heterocycles. The Kier molecular flexibility index (Phi) is 4.13. The van der Waals surface area contributed by atoms with Crippen molar-refractivity contribution in [3.05, 3.63) is 58.6 Å². The van der Waals surface area contributed by atoms with Crippen molar-refractivity contribution in [3.63, 3.8) is 0 Å². The summed E-state index contributed by atoms with van der Waals surface area (Å²) in [4.78, 5) is 13.5. The molecule has 0 aliphatic carbocycles. The molecule has 1 unspecified atom stereocenters. The number of hydrogen-bond donors (Lipinski definition) is 0. The molecule has 1 aliphatic heterocycles. The molecular formula is C16H13BrO2S. The maximum absolute atomic E-state index is 12.4. The molecule has 0 amide bonds. The molecule has 4 heteroatoms. The Morgan fingerprint density at radius 1 is 1.20 bits per heavy atom. The van der Waals surface area contributed by atoms with Crippen LogP contribution in [0.2, 0.25) is 0 Å². The summed E-state index contributed by atoms with van der Waals surface area (Å²) in [6.07, 6.45) is 0.0384. The normalized spacial score (nSPS) is 17.1. The van der Waals surface area contributed by atoms with Crippen LogP contribution in [0.25, 0.3) is 0 Å². The Morgan fingerprint density at radius 2 is 1.95 bits per heavy atom. The molecule has 0 saturated heterocycles. The van der Waals surface area contributed by atoms with E-state index in [1.54, 1.807) is 11.8 Å². The minimum Gasteiger partial charge on any atom is -0.481 e. The van der Waals surface area contributed by atoms with Gasteiger partial charge in [0.25, 0.3) is 0 Å². The average molecular weight is 349 g/mol. The molecular weight excluding hydrogens is 336 g/mol. The largest absolute Gasteiger partial charge is 0.481 e.